The van der Waals surface area contributed by atoms with Crippen molar-refractivity contribution < 1.29 is 68.9 Å². The van der Waals surface area contributed by atoms with E-state index in [4.69, 9.17) is 15.8 Å². The van der Waals surface area contributed by atoms with Gasteiger partial charge in [0.2, 0.25) is 0 Å². The Kier molecular flexibility index (Phi) is 10.4. The molecule has 0 spiro atoms. The van der Waals surface area contributed by atoms with Crippen LogP contribution in [-0.4, -0.2) is 0 Å². The van der Waals surface area contributed by atoms with Gasteiger partial charge < -0.3 is 0 Å². The first-order chi connectivity index (χ1) is 3.35. The van der Waals surface area contributed by atoms with Gasteiger partial charge in [-0.1, -0.05) is 24.1 Å². The fourth-order valence-electron chi connectivity index (χ4n) is 0.0750. The van der Waals surface area contributed by atoms with Gasteiger partial charge in [0.05, 0.1) is 0 Å². The van der Waals surface area contributed by atoms with Crippen molar-refractivity contribution in [2.24, 2.45) is 0 Å². The molecule has 0 saturated carbocycles. The van der Waals surface area contributed by atoms with Gasteiger partial charge >= 0.3 is 68.9 Å². The zero-order valence-corrected chi connectivity index (χ0v) is 10.6. The van der Waals surface area contributed by atoms with Crippen LogP contribution >= 0.6 is 0 Å². The van der Waals surface area contributed by atoms with E-state index in [-0.39, 0.29) is 68.9 Å². The normalized spacial score (nSPS) is 4.12. The maximum absolute atomic E-state index is 7.79. The average Bonchev–Trinajstić information content (AvgIpc) is 1.72. The standard InChI is InChI=1S/C4N3.Cs/c5-1-4(2-6)3-7;/q-1;+1. The quantitative estimate of drug-likeness (QED) is 0.414. The molecular weight excluding hydrogens is 223 g/mol. The maximum atomic E-state index is 7.79. The van der Waals surface area contributed by atoms with Gasteiger partial charge in [-0.05, 0) is 0 Å². The minimum atomic E-state index is -0.403. The summed E-state index contributed by atoms with van der Waals surface area (Å²) in [5, 5.41) is 23.4. The van der Waals surface area contributed by atoms with E-state index in [1.165, 1.54) is 18.2 Å². The summed E-state index contributed by atoms with van der Waals surface area (Å²) in [7, 11) is 0. The third-order valence-corrected chi connectivity index (χ3v) is 0.335. The molecule has 32 valence electrons. The summed E-state index contributed by atoms with van der Waals surface area (Å²) in [5.74, 6) is -0.403. The molecule has 0 amide bonds. The molecule has 0 aliphatic carbocycles. The monoisotopic (exact) mass is 223 g/mol. The van der Waals surface area contributed by atoms with Crippen LogP contribution in [0.25, 0.3) is 0 Å². The van der Waals surface area contributed by atoms with Crippen molar-refractivity contribution >= 4 is 0 Å². The summed E-state index contributed by atoms with van der Waals surface area (Å²) < 4.78 is 0. The van der Waals surface area contributed by atoms with Gasteiger partial charge in [0.1, 0.15) is 0 Å². The van der Waals surface area contributed by atoms with Crippen LogP contribution in [0.4, 0.5) is 0 Å². The molecule has 0 unspecified atom stereocenters. The van der Waals surface area contributed by atoms with Crippen LogP contribution in [-0.2, 0) is 0 Å². The van der Waals surface area contributed by atoms with Crippen molar-refractivity contribution in [3.63, 3.8) is 0 Å². The molecule has 0 N–H and O–H groups in total. The van der Waals surface area contributed by atoms with Gasteiger partial charge in [0, 0.05) is 0 Å². The summed E-state index contributed by atoms with van der Waals surface area (Å²) in [6, 6.07) is 4.19. The van der Waals surface area contributed by atoms with E-state index in [1.807, 2.05) is 0 Å². The second-order valence-corrected chi connectivity index (χ2v) is 0.710. The van der Waals surface area contributed by atoms with E-state index in [0.29, 0.717) is 0 Å². The van der Waals surface area contributed by atoms with Gasteiger partial charge in [-0.3, -0.25) is 0 Å². The molecular formula is C4CsN3. The molecule has 0 aliphatic rings. The Hall–Kier alpha value is 0.392. The SMILES string of the molecule is N#C[C-](C#N)C#N.[Cs+]. The van der Waals surface area contributed by atoms with Gasteiger partial charge in [0.25, 0.3) is 0 Å². The molecule has 0 aromatic heterocycles. The minimum absolute atomic E-state index is 0. The molecule has 0 aromatic carbocycles. The van der Waals surface area contributed by atoms with Crippen molar-refractivity contribution in [2.75, 3.05) is 0 Å². The van der Waals surface area contributed by atoms with Crippen LogP contribution in [0.15, 0.2) is 0 Å². The Morgan fingerprint density at radius 3 is 1.12 bits per heavy atom. The van der Waals surface area contributed by atoms with Crippen LogP contribution in [0.2, 0.25) is 0 Å². The first kappa shape index (κ1) is 11.2. The Balaban J connectivity index is 0. The van der Waals surface area contributed by atoms with E-state index in [9.17, 15) is 0 Å². The molecule has 0 heterocycles. The Labute approximate surface area is 106 Å². The summed E-state index contributed by atoms with van der Waals surface area (Å²) >= 11 is 0. The third kappa shape index (κ3) is 4.55. The van der Waals surface area contributed by atoms with Gasteiger partial charge in [-0.15, -0.1) is 0 Å². The summed E-state index contributed by atoms with van der Waals surface area (Å²) in [5.41, 5.74) is 0. The molecule has 0 atom stereocenters. The van der Waals surface area contributed by atoms with Crippen molar-refractivity contribution in [1.29, 1.82) is 15.8 Å². The van der Waals surface area contributed by atoms with Crippen LogP contribution in [0.3, 0.4) is 0 Å². The largest absolute Gasteiger partial charge is 1.00 e. The van der Waals surface area contributed by atoms with Crippen molar-refractivity contribution in [1.82, 2.24) is 0 Å². The fourth-order valence-corrected chi connectivity index (χ4v) is 0.0750. The zero-order chi connectivity index (χ0) is 5.70. The van der Waals surface area contributed by atoms with Crippen LogP contribution < -0.4 is 68.9 Å². The summed E-state index contributed by atoms with van der Waals surface area (Å²) in [4.78, 5) is 0. The van der Waals surface area contributed by atoms with Crippen molar-refractivity contribution in [2.45, 2.75) is 0 Å². The van der Waals surface area contributed by atoms with Crippen molar-refractivity contribution in [3.8, 4) is 18.2 Å². The number of rotatable bonds is 0. The Morgan fingerprint density at radius 1 is 0.875 bits per heavy atom. The van der Waals surface area contributed by atoms with Gasteiger partial charge in [0.15, 0.2) is 0 Å². The minimum Gasteiger partial charge on any atom is -0.232 e. The molecule has 8 heavy (non-hydrogen) atoms. The first-order valence-electron chi connectivity index (χ1n) is 1.42. The van der Waals surface area contributed by atoms with Crippen LogP contribution in [0.5, 0.6) is 0 Å². The topological polar surface area (TPSA) is 71.4 Å². The Bertz CT molecular complexity index is 134. The van der Waals surface area contributed by atoms with Gasteiger partial charge in [-0.2, -0.15) is 0 Å². The van der Waals surface area contributed by atoms with Gasteiger partial charge in [-0.25, -0.2) is 15.8 Å². The van der Waals surface area contributed by atoms with E-state index in [0.717, 1.165) is 0 Å². The van der Waals surface area contributed by atoms with Crippen LogP contribution in [0, 0.1) is 39.9 Å². The molecule has 3 nitrogen and oxygen atoms in total. The van der Waals surface area contributed by atoms with E-state index in [1.54, 1.807) is 0 Å². The summed E-state index contributed by atoms with van der Waals surface area (Å²) in [6.07, 6.45) is 0. The number of hydrogen-bond donors (Lipinski definition) is 0. The summed E-state index contributed by atoms with van der Waals surface area (Å²) in [6.45, 7) is 0. The molecule has 0 fully saturated rings. The number of hydrogen-bond acceptors (Lipinski definition) is 3. The second kappa shape index (κ2) is 7.39. The number of nitriles is 3. The molecule has 0 aromatic rings. The smallest absolute Gasteiger partial charge is 0.232 e. The van der Waals surface area contributed by atoms with E-state index in [2.05, 4.69) is 0 Å². The number of nitrogens with zero attached hydrogens (tertiary/aromatic N) is 3. The third-order valence-electron chi connectivity index (χ3n) is 0.335. The molecule has 0 bridgehead atoms. The Morgan fingerprint density at radius 2 is 1.12 bits per heavy atom. The van der Waals surface area contributed by atoms with E-state index >= 15 is 0 Å². The molecule has 0 rings (SSSR count). The first-order valence-corrected chi connectivity index (χ1v) is 1.42. The molecule has 0 saturated heterocycles. The van der Waals surface area contributed by atoms with Crippen LogP contribution in [0.1, 0.15) is 0 Å². The fraction of sp³-hybridized carbons (Fsp3) is 0. The molecule has 0 aliphatic heterocycles. The predicted molar refractivity (Wildman–Crippen MR) is 20.1 cm³/mol. The average molecular weight is 223 g/mol. The predicted octanol–water partition coefficient (Wildman–Crippen LogP) is -2.86. The second-order valence-electron chi connectivity index (χ2n) is 0.710. The zero-order valence-electron chi connectivity index (χ0n) is 4.34. The van der Waals surface area contributed by atoms with E-state index < -0.39 is 5.92 Å². The maximum Gasteiger partial charge on any atom is 1.00 e. The molecule has 0 radical (unpaired) electrons. The van der Waals surface area contributed by atoms with Crippen molar-refractivity contribution in [3.05, 3.63) is 5.92 Å². The molecule has 4 heteroatoms.